The molecule has 1 amide bonds. The maximum atomic E-state index is 12.5. The summed E-state index contributed by atoms with van der Waals surface area (Å²) in [6, 6.07) is 21.6. The molecule has 0 fully saturated rings. The summed E-state index contributed by atoms with van der Waals surface area (Å²) < 4.78 is 22.2. The molecular formula is C23H22NO6P. The first-order chi connectivity index (χ1) is 14.8. The van der Waals surface area contributed by atoms with Gasteiger partial charge in [-0.2, -0.15) is 0 Å². The predicted octanol–water partition coefficient (Wildman–Crippen LogP) is 5.02. The lowest BCUT2D eigenvalue weighted by Gasteiger charge is -2.14. The summed E-state index contributed by atoms with van der Waals surface area (Å²) in [4.78, 5) is 33.5. The molecule has 31 heavy (non-hydrogen) atoms. The SMILES string of the molecule is CC(=O)Nc1cccc(C(=O)CCc2ccc(OP(=O)(O)Oc3ccccc3)cc2)c1. The van der Waals surface area contributed by atoms with E-state index in [-0.39, 0.29) is 29.6 Å². The molecule has 3 aromatic carbocycles. The van der Waals surface area contributed by atoms with E-state index in [2.05, 4.69) is 5.32 Å². The van der Waals surface area contributed by atoms with Gasteiger partial charge in [0.25, 0.3) is 0 Å². The van der Waals surface area contributed by atoms with E-state index in [0.29, 0.717) is 17.7 Å². The van der Waals surface area contributed by atoms with Crippen molar-refractivity contribution in [2.45, 2.75) is 19.8 Å². The van der Waals surface area contributed by atoms with Crippen LogP contribution in [0.1, 0.15) is 29.3 Å². The van der Waals surface area contributed by atoms with E-state index in [9.17, 15) is 19.0 Å². The minimum Gasteiger partial charge on any atom is -0.395 e. The fourth-order valence-electron chi connectivity index (χ4n) is 2.86. The van der Waals surface area contributed by atoms with Gasteiger partial charge in [-0.1, -0.05) is 42.5 Å². The quantitative estimate of drug-likeness (QED) is 0.359. The molecule has 0 bridgehead atoms. The van der Waals surface area contributed by atoms with Crippen LogP contribution in [0.25, 0.3) is 0 Å². The van der Waals surface area contributed by atoms with Crippen molar-refractivity contribution in [1.82, 2.24) is 0 Å². The van der Waals surface area contributed by atoms with E-state index in [1.807, 2.05) is 0 Å². The van der Waals surface area contributed by atoms with Crippen LogP contribution in [-0.4, -0.2) is 16.6 Å². The van der Waals surface area contributed by atoms with Crippen molar-refractivity contribution >= 4 is 25.2 Å². The average Bonchev–Trinajstić information content (AvgIpc) is 2.73. The monoisotopic (exact) mass is 439 g/mol. The highest BCUT2D eigenvalue weighted by atomic mass is 31.2. The first kappa shape index (κ1) is 22.3. The Balaban J connectivity index is 1.55. The van der Waals surface area contributed by atoms with Crippen molar-refractivity contribution < 1.29 is 28.1 Å². The summed E-state index contributed by atoms with van der Waals surface area (Å²) in [6.45, 7) is 1.41. The van der Waals surface area contributed by atoms with Crippen LogP contribution < -0.4 is 14.4 Å². The van der Waals surface area contributed by atoms with E-state index in [1.165, 1.54) is 6.92 Å². The maximum Gasteiger partial charge on any atom is 0.584 e. The predicted molar refractivity (Wildman–Crippen MR) is 117 cm³/mol. The molecule has 3 aromatic rings. The number of benzene rings is 3. The van der Waals surface area contributed by atoms with E-state index in [4.69, 9.17) is 9.05 Å². The second kappa shape index (κ2) is 10.1. The van der Waals surface area contributed by atoms with Gasteiger partial charge in [0.1, 0.15) is 11.5 Å². The van der Waals surface area contributed by atoms with E-state index in [0.717, 1.165) is 5.56 Å². The zero-order valence-electron chi connectivity index (χ0n) is 16.9. The van der Waals surface area contributed by atoms with Crippen LogP contribution in [0, 0.1) is 0 Å². The molecule has 8 heteroatoms. The van der Waals surface area contributed by atoms with Gasteiger partial charge < -0.3 is 14.4 Å². The fraction of sp³-hybridized carbons (Fsp3) is 0.130. The molecule has 3 rings (SSSR count). The van der Waals surface area contributed by atoms with Crippen LogP contribution in [-0.2, 0) is 15.8 Å². The maximum absolute atomic E-state index is 12.5. The Kier molecular flexibility index (Phi) is 7.23. The Bertz CT molecular complexity index is 1100. The lowest BCUT2D eigenvalue weighted by atomic mass is 10.0. The molecule has 0 heterocycles. The lowest BCUT2D eigenvalue weighted by Crippen LogP contribution is -2.07. The summed E-state index contributed by atoms with van der Waals surface area (Å²) in [7, 11) is -4.32. The van der Waals surface area contributed by atoms with Gasteiger partial charge in [0.2, 0.25) is 5.91 Å². The van der Waals surface area contributed by atoms with Crippen LogP contribution in [0.3, 0.4) is 0 Å². The highest BCUT2D eigenvalue weighted by molar-refractivity contribution is 7.48. The Hall–Kier alpha value is -3.41. The molecule has 1 atom stereocenters. The normalized spacial score (nSPS) is 12.5. The van der Waals surface area contributed by atoms with Gasteiger partial charge >= 0.3 is 7.82 Å². The number of ketones is 1. The number of phosphoric acid groups is 1. The topological polar surface area (TPSA) is 102 Å². The molecule has 0 spiro atoms. The summed E-state index contributed by atoms with van der Waals surface area (Å²) in [5, 5.41) is 2.66. The Labute approximate surface area is 180 Å². The summed E-state index contributed by atoms with van der Waals surface area (Å²) >= 11 is 0. The molecule has 0 saturated heterocycles. The number of Topliss-reactive ketones (excluding diaryl/α,β-unsaturated/α-hetero) is 1. The Morgan fingerprint density at radius 3 is 2.19 bits per heavy atom. The molecule has 0 aliphatic rings. The summed E-state index contributed by atoms with van der Waals surface area (Å²) in [5.41, 5.74) is 1.96. The van der Waals surface area contributed by atoms with E-state index in [1.54, 1.807) is 78.9 Å². The highest BCUT2D eigenvalue weighted by Crippen LogP contribution is 2.44. The third-order valence-electron chi connectivity index (χ3n) is 4.25. The molecule has 0 aliphatic heterocycles. The smallest absolute Gasteiger partial charge is 0.395 e. The molecule has 0 saturated carbocycles. The van der Waals surface area contributed by atoms with Gasteiger partial charge in [-0.05, 0) is 48.4 Å². The number of nitrogens with one attached hydrogen (secondary N) is 1. The number of aryl methyl sites for hydroxylation is 1. The van der Waals surface area contributed by atoms with Gasteiger partial charge in [-0.3, -0.25) is 14.5 Å². The molecule has 0 aromatic heterocycles. The Morgan fingerprint density at radius 1 is 0.903 bits per heavy atom. The van der Waals surface area contributed by atoms with Gasteiger partial charge in [0.05, 0.1) is 0 Å². The van der Waals surface area contributed by atoms with Crippen molar-refractivity contribution in [1.29, 1.82) is 0 Å². The van der Waals surface area contributed by atoms with Crippen LogP contribution in [0.5, 0.6) is 11.5 Å². The first-order valence-electron chi connectivity index (χ1n) is 9.57. The molecule has 160 valence electrons. The number of carbonyl (C=O) groups excluding carboxylic acids is 2. The van der Waals surface area contributed by atoms with Crippen LogP contribution in [0.4, 0.5) is 5.69 Å². The zero-order chi connectivity index (χ0) is 22.3. The zero-order valence-corrected chi connectivity index (χ0v) is 17.7. The lowest BCUT2D eigenvalue weighted by molar-refractivity contribution is -0.114. The van der Waals surface area contributed by atoms with Gasteiger partial charge in [0.15, 0.2) is 5.78 Å². The van der Waals surface area contributed by atoms with Crippen LogP contribution in [0.2, 0.25) is 0 Å². The molecule has 7 nitrogen and oxygen atoms in total. The first-order valence-corrected chi connectivity index (χ1v) is 11.1. The number of hydrogen-bond acceptors (Lipinski definition) is 5. The highest BCUT2D eigenvalue weighted by Gasteiger charge is 2.24. The molecular weight excluding hydrogens is 417 g/mol. The van der Waals surface area contributed by atoms with Gasteiger partial charge in [0, 0.05) is 24.6 Å². The van der Waals surface area contributed by atoms with Gasteiger partial charge in [-0.15, -0.1) is 0 Å². The largest absolute Gasteiger partial charge is 0.584 e. The van der Waals surface area contributed by atoms with Crippen molar-refractivity contribution in [2.24, 2.45) is 0 Å². The number of hydrogen-bond donors (Lipinski definition) is 2. The number of carbonyl (C=O) groups is 2. The molecule has 0 aliphatic carbocycles. The van der Waals surface area contributed by atoms with Crippen molar-refractivity contribution in [3.63, 3.8) is 0 Å². The van der Waals surface area contributed by atoms with E-state index >= 15 is 0 Å². The number of rotatable bonds is 9. The summed E-state index contributed by atoms with van der Waals surface area (Å²) in [6.07, 6.45) is 0.764. The third kappa shape index (κ3) is 7.10. The minimum absolute atomic E-state index is 0.0522. The van der Waals surface area contributed by atoms with E-state index < -0.39 is 7.82 Å². The van der Waals surface area contributed by atoms with Gasteiger partial charge in [-0.25, -0.2) is 4.57 Å². The summed E-state index contributed by atoms with van der Waals surface area (Å²) in [5.74, 6) is 0.156. The van der Waals surface area contributed by atoms with Crippen molar-refractivity contribution in [2.75, 3.05) is 5.32 Å². The standard InChI is InChI=1S/C23H22NO6P/c1-17(25)24-20-7-5-6-19(16-20)23(26)15-12-18-10-13-22(14-11-18)30-31(27,28)29-21-8-3-2-4-9-21/h2-11,13-14,16H,12,15H2,1H3,(H,24,25)(H,27,28). The number of amides is 1. The fourth-order valence-corrected chi connectivity index (χ4v) is 3.67. The number of para-hydroxylation sites is 1. The van der Waals surface area contributed by atoms with Crippen LogP contribution >= 0.6 is 7.82 Å². The number of anilines is 1. The van der Waals surface area contributed by atoms with Crippen LogP contribution in [0.15, 0.2) is 78.9 Å². The average molecular weight is 439 g/mol. The van der Waals surface area contributed by atoms with Crippen molar-refractivity contribution in [3.8, 4) is 11.5 Å². The number of phosphoric ester groups is 1. The molecule has 0 radical (unpaired) electrons. The molecule has 1 unspecified atom stereocenters. The second-order valence-corrected chi connectivity index (χ2v) is 8.10. The minimum atomic E-state index is -4.32. The Morgan fingerprint density at radius 2 is 1.55 bits per heavy atom. The molecule has 2 N–H and O–H groups in total. The second-order valence-electron chi connectivity index (χ2n) is 6.79. The third-order valence-corrected chi connectivity index (χ3v) is 5.14. The van der Waals surface area contributed by atoms with Crippen molar-refractivity contribution in [3.05, 3.63) is 90.0 Å².